The summed E-state index contributed by atoms with van der Waals surface area (Å²) in [5.74, 6) is 0. The van der Waals surface area contributed by atoms with Gasteiger partial charge in [0.2, 0.25) is 0 Å². The van der Waals surface area contributed by atoms with Gasteiger partial charge in [-0.25, -0.2) is 0 Å². The van der Waals surface area contributed by atoms with Crippen LogP contribution in [0.1, 0.15) is 1.43 Å². The van der Waals surface area contributed by atoms with E-state index in [0.29, 0.717) is 13.1 Å². The first-order chi connectivity index (χ1) is 4.41. The van der Waals surface area contributed by atoms with Crippen molar-refractivity contribution in [3.63, 3.8) is 0 Å². The Balaban J connectivity index is -0.0000000436. The van der Waals surface area contributed by atoms with Crippen LogP contribution in [0.25, 0.3) is 11.2 Å². The SMILES string of the molecule is C1C[N-]N=N1.[HH].[NH-]CCN.[Rb+].[Rb+]. The summed E-state index contributed by atoms with van der Waals surface area (Å²) in [6.07, 6.45) is 0. The van der Waals surface area contributed by atoms with Gasteiger partial charge in [0, 0.05) is 1.43 Å². The van der Waals surface area contributed by atoms with E-state index in [2.05, 4.69) is 15.8 Å². The molecule has 11 heavy (non-hydrogen) atoms. The number of nitrogens with two attached hydrogens (primary N) is 1. The molecule has 0 spiro atoms. The number of rotatable bonds is 1. The third-order valence-corrected chi connectivity index (χ3v) is 0.571. The molecule has 56 valence electrons. The summed E-state index contributed by atoms with van der Waals surface area (Å²) in [5.41, 5.74) is 14.7. The smallest absolute Gasteiger partial charge is 0.676 e. The van der Waals surface area contributed by atoms with Gasteiger partial charge in [0.1, 0.15) is 0 Å². The molecule has 1 aliphatic rings. The number of hydrogen-bond donors (Lipinski definition) is 1. The van der Waals surface area contributed by atoms with E-state index in [1.54, 1.807) is 0 Å². The standard InChI is InChI=1S/C2H4N3.C2H7N2.2Rb.H2/c1-2-4-5-3-1;3-1-2-4;;;/h1-2H2;3H,1-2,4H2;;;1H/q2*-1;2*+1;. The second-order valence-corrected chi connectivity index (χ2v) is 1.36. The van der Waals surface area contributed by atoms with Crippen molar-refractivity contribution >= 4 is 0 Å². The van der Waals surface area contributed by atoms with Gasteiger partial charge in [-0.1, -0.05) is 0 Å². The van der Waals surface area contributed by atoms with Crippen LogP contribution in [0.3, 0.4) is 0 Å². The molecule has 0 unspecified atom stereocenters. The fourth-order valence-corrected chi connectivity index (χ4v) is 0.224. The largest absolute Gasteiger partial charge is 1.00 e. The van der Waals surface area contributed by atoms with Gasteiger partial charge in [0.15, 0.2) is 0 Å². The van der Waals surface area contributed by atoms with Crippen LogP contribution in [0.15, 0.2) is 10.3 Å². The molecule has 0 bridgehead atoms. The summed E-state index contributed by atoms with van der Waals surface area (Å²) < 4.78 is 0. The van der Waals surface area contributed by atoms with Gasteiger partial charge in [-0.2, -0.15) is 0 Å². The minimum absolute atomic E-state index is 0. The Labute approximate surface area is 167 Å². The Bertz CT molecular complexity index is 75.8. The van der Waals surface area contributed by atoms with Gasteiger partial charge in [-0.3, -0.25) is 5.22 Å². The second kappa shape index (κ2) is 18.7. The van der Waals surface area contributed by atoms with E-state index < -0.39 is 0 Å². The fourth-order valence-electron chi connectivity index (χ4n) is 0.224. The molecule has 0 aromatic carbocycles. The summed E-state index contributed by atoms with van der Waals surface area (Å²) >= 11 is 0. The van der Waals surface area contributed by atoms with Crippen LogP contribution in [0.4, 0.5) is 0 Å². The first-order valence-electron chi connectivity index (χ1n) is 2.79. The minimum atomic E-state index is 0. The number of nitrogens with one attached hydrogen (secondary N) is 1. The van der Waals surface area contributed by atoms with Crippen LogP contribution < -0.4 is 122 Å². The van der Waals surface area contributed by atoms with Gasteiger partial charge in [0.25, 0.3) is 0 Å². The average Bonchev–Trinajstić information content (AvgIpc) is 2.43. The first kappa shape index (κ1) is 19.5. The zero-order valence-corrected chi connectivity index (χ0v) is 17.1. The molecule has 1 heterocycles. The molecule has 0 saturated carbocycles. The molecule has 0 aromatic rings. The predicted octanol–water partition coefficient (Wildman–Crippen LogP) is -5.01. The number of hydrogen-bond acceptors (Lipinski definition) is 3. The Morgan fingerprint density at radius 2 is 2.09 bits per heavy atom. The Hall–Kier alpha value is 2.93. The van der Waals surface area contributed by atoms with Crippen LogP contribution >= 0.6 is 0 Å². The molecule has 0 saturated heterocycles. The van der Waals surface area contributed by atoms with Crippen LogP contribution in [0, 0.1) is 0 Å². The van der Waals surface area contributed by atoms with Crippen molar-refractivity contribution in [3.8, 4) is 0 Å². The molecule has 0 aliphatic carbocycles. The average molecular weight is 302 g/mol. The molecule has 0 aromatic heterocycles. The van der Waals surface area contributed by atoms with Crippen molar-refractivity contribution in [2.45, 2.75) is 0 Å². The van der Waals surface area contributed by atoms with Crippen molar-refractivity contribution in [2.24, 2.45) is 16.1 Å². The van der Waals surface area contributed by atoms with Crippen LogP contribution in [-0.2, 0) is 0 Å². The maximum Gasteiger partial charge on any atom is 1.00 e. The quantitative estimate of drug-likeness (QED) is 0.516. The van der Waals surface area contributed by atoms with E-state index in [4.69, 9.17) is 11.5 Å². The van der Waals surface area contributed by atoms with Gasteiger partial charge in [0.05, 0.1) is 0 Å². The number of nitrogens with zero attached hydrogens (tertiary/aromatic N) is 3. The maximum absolute atomic E-state index is 6.33. The Morgan fingerprint density at radius 1 is 1.55 bits per heavy atom. The fraction of sp³-hybridized carbons (Fsp3) is 1.00. The Morgan fingerprint density at radius 3 is 2.18 bits per heavy atom. The van der Waals surface area contributed by atoms with Crippen LogP contribution in [0.2, 0.25) is 0 Å². The van der Waals surface area contributed by atoms with Gasteiger partial charge < -0.3 is 22.0 Å². The van der Waals surface area contributed by atoms with Crippen molar-refractivity contribution in [2.75, 3.05) is 26.2 Å². The molecule has 1 rings (SSSR count). The van der Waals surface area contributed by atoms with Crippen LogP contribution in [0.5, 0.6) is 0 Å². The normalized spacial score (nSPS) is 11.5. The first-order valence-corrected chi connectivity index (χ1v) is 2.79. The minimum Gasteiger partial charge on any atom is -0.676 e. The predicted molar refractivity (Wildman–Crippen MR) is 38.3 cm³/mol. The molecule has 1 aliphatic heterocycles. The second-order valence-electron chi connectivity index (χ2n) is 1.36. The molecule has 7 heteroatoms. The zero-order chi connectivity index (χ0) is 6.95. The monoisotopic (exact) mass is 301 g/mol. The topological polar surface area (TPSA) is 88.6 Å². The van der Waals surface area contributed by atoms with E-state index in [1.807, 2.05) is 0 Å². The van der Waals surface area contributed by atoms with Crippen molar-refractivity contribution in [1.82, 2.24) is 0 Å². The molecule has 0 radical (unpaired) electrons. The summed E-state index contributed by atoms with van der Waals surface area (Å²) in [4.78, 5) is 0. The van der Waals surface area contributed by atoms with Crippen molar-refractivity contribution in [1.29, 1.82) is 0 Å². The van der Waals surface area contributed by atoms with Crippen LogP contribution in [-0.4, -0.2) is 26.2 Å². The van der Waals surface area contributed by atoms with E-state index in [9.17, 15) is 0 Å². The van der Waals surface area contributed by atoms with Gasteiger partial charge >= 0.3 is 116 Å². The Kier molecular flexibility index (Phi) is 33.1. The third-order valence-electron chi connectivity index (χ3n) is 0.571. The van der Waals surface area contributed by atoms with Gasteiger partial charge in [-0.05, 0) is 19.6 Å². The summed E-state index contributed by atoms with van der Waals surface area (Å²) in [6.45, 7) is 2.42. The maximum atomic E-state index is 6.33. The summed E-state index contributed by atoms with van der Waals surface area (Å²) in [7, 11) is 0. The molecular formula is C4H13N5Rb2. The van der Waals surface area contributed by atoms with E-state index in [0.717, 1.165) is 13.1 Å². The summed E-state index contributed by atoms with van der Waals surface area (Å²) in [6, 6.07) is 0. The van der Waals surface area contributed by atoms with Gasteiger partial charge in [-0.15, -0.1) is 6.54 Å². The van der Waals surface area contributed by atoms with E-state index in [-0.39, 0.29) is 118 Å². The third kappa shape index (κ3) is 19.4. The molecule has 0 atom stereocenters. The van der Waals surface area contributed by atoms with Crippen molar-refractivity contribution in [3.05, 3.63) is 11.2 Å². The summed E-state index contributed by atoms with van der Waals surface area (Å²) in [5, 5.41) is 6.88. The molecule has 0 amide bonds. The van der Waals surface area contributed by atoms with Crippen molar-refractivity contribution < 1.29 is 118 Å². The molecule has 5 nitrogen and oxygen atoms in total. The van der Waals surface area contributed by atoms with E-state index in [1.165, 1.54) is 0 Å². The molecular weight excluding hydrogens is 289 g/mol. The molecule has 3 N–H and O–H groups in total. The zero-order valence-electron chi connectivity index (χ0n) is 7.25. The van der Waals surface area contributed by atoms with E-state index >= 15 is 0 Å². The molecule has 0 fully saturated rings.